The van der Waals surface area contributed by atoms with Gasteiger partial charge in [0.2, 0.25) is 0 Å². The molecular weight excluding hydrogens is 232 g/mol. The summed E-state index contributed by atoms with van der Waals surface area (Å²) < 4.78 is 1.17. The second-order valence-corrected chi connectivity index (χ2v) is 3.91. The van der Waals surface area contributed by atoms with E-state index in [0.29, 0.717) is 11.8 Å². The Morgan fingerprint density at radius 3 is 2.89 bits per heavy atom. The van der Waals surface area contributed by atoms with Gasteiger partial charge in [-0.15, -0.1) is 0 Å². The van der Waals surface area contributed by atoms with Gasteiger partial charge in [0.15, 0.2) is 0 Å². The van der Waals surface area contributed by atoms with Crippen LogP contribution in [0.3, 0.4) is 0 Å². The van der Waals surface area contributed by atoms with E-state index in [9.17, 15) is 9.59 Å². The van der Waals surface area contributed by atoms with Crippen LogP contribution in [0.4, 0.5) is 0 Å². The molecule has 2 aromatic rings. The van der Waals surface area contributed by atoms with Gasteiger partial charge in [0.05, 0.1) is 11.6 Å². The van der Waals surface area contributed by atoms with Crippen LogP contribution in [0, 0.1) is 0 Å². The normalized spacial score (nSPS) is 12.3. The van der Waals surface area contributed by atoms with Gasteiger partial charge < -0.3 is 0 Å². The third-order valence-corrected chi connectivity index (χ3v) is 2.85. The first-order chi connectivity index (χ1) is 8.69. The smallest absolute Gasteiger partial charge is 0.275 e. The molecule has 6 heteroatoms. The highest BCUT2D eigenvalue weighted by atomic mass is 16.2. The first kappa shape index (κ1) is 12.3. The minimum Gasteiger partial charge on any atom is -0.292 e. The van der Waals surface area contributed by atoms with Gasteiger partial charge in [-0.1, -0.05) is 25.1 Å². The van der Waals surface area contributed by atoms with Crippen molar-refractivity contribution >= 4 is 16.7 Å². The molecule has 94 valence electrons. The van der Waals surface area contributed by atoms with E-state index in [1.807, 2.05) is 6.07 Å². The molecule has 1 atom stereocenters. The van der Waals surface area contributed by atoms with Crippen molar-refractivity contribution in [1.82, 2.24) is 15.2 Å². The lowest BCUT2D eigenvalue weighted by molar-refractivity contribution is -0.124. The van der Waals surface area contributed by atoms with Crippen LogP contribution in [0.25, 0.3) is 10.8 Å². The number of aromatic nitrogens is 2. The lowest BCUT2D eigenvalue weighted by atomic mass is 10.2. The molecule has 18 heavy (non-hydrogen) atoms. The monoisotopic (exact) mass is 246 g/mol. The van der Waals surface area contributed by atoms with Crippen LogP contribution in [0.1, 0.15) is 19.4 Å². The van der Waals surface area contributed by atoms with Crippen molar-refractivity contribution in [3.05, 3.63) is 40.8 Å². The van der Waals surface area contributed by atoms with Crippen molar-refractivity contribution in [2.75, 3.05) is 0 Å². The maximum atomic E-state index is 12.2. The Kier molecular flexibility index (Phi) is 3.38. The Bertz CT molecular complexity index is 635. The zero-order valence-electron chi connectivity index (χ0n) is 9.96. The molecule has 0 bridgehead atoms. The van der Waals surface area contributed by atoms with Crippen molar-refractivity contribution in [2.24, 2.45) is 5.84 Å². The van der Waals surface area contributed by atoms with Gasteiger partial charge in [-0.2, -0.15) is 5.10 Å². The molecule has 0 spiro atoms. The molecule has 6 nitrogen and oxygen atoms in total. The summed E-state index contributed by atoms with van der Waals surface area (Å²) >= 11 is 0. The first-order valence-electron chi connectivity index (χ1n) is 5.66. The number of nitrogens with zero attached hydrogens (tertiary/aromatic N) is 2. The van der Waals surface area contributed by atoms with E-state index in [2.05, 4.69) is 10.5 Å². The Morgan fingerprint density at radius 1 is 1.50 bits per heavy atom. The van der Waals surface area contributed by atoms with E-state index in [1.54, 1.807) is 31.3 Å². The predicted octanol–water partition coefficient (Wildman–Crippen LogP) is 0.338. The molecule has 0 saturated carbocycles. The molecule has 3 N–H and O–H groups in total. The number of hydrazine groups is 1. The van der Waals surface area contributed by atoms with Crippen LogP contribution in [0.15, 0.2) is 35.3 Å². The van der Waals surface area contributed by atoms with E-state index in [0.717, 1.165) is 5.39 Å². The van der Waals surface area contributed by atoms with Crippen LogP contribution >= 0.6 is 0 Å². The molecule has 0 aliphatic heterocycles. The third-order valence-electron chi connectivity index (χ3n) is 2.85. The zero-order chi connectivity index (χ0) is 13.1. The molecule has 0 saturated heterocycles. The zero-order valence-corrected chi connectivity index (χ0v) is 9.96. The molecule has 0 unspecified atom stereocenters. The highest BCUT2D eigenvalue weighted by Crippen LogP contribution is 2.11. The number of hydrogen-bond acceptors (Lipinski definition) is 4. The van der Waals surface area contributed by atoms with E-state index in [-0.39, 0.29) is 5.56 Å². The number of rotatable bonds is 3. The lowest BCUT2D eigenvalue weighted by Gasteiger charge is -2.15. The highest BCUT2D eigenvalue weighted by molar-refractivity contribution is 5.82. The minimum atomic E-state index is -0.688. The van der Waals surface area contributed by atoms with Crippen LogP contribution in [-0.2, 0) is 4.79 Å². The molecular formula is C12H14N4O2. The van der Waals surface area contributed by atoms with Crippen LogP contribution < -0.4 is 16.8 Å². The maximum Gasteiger partial charge on any atom is 0.275 e. The Balaban J connectivity index is 2.61. The number of carbonyl (C=O) groups excluding carboxylic acids is 1. The van der Waals surface area contributed by atoms with Crippen molar-refractivity contribution in [2.45, 2.75) is 19.4 Å². The summed E-state index contributed by atoms with van der Waals surface area (Å²) in [7, 11) is 0. The fraction of sp³-hybridized carbons (Fsp3) is 0.250. The van der Waals surface area contributed by atoms with Crippen molar-refractivity contribution < 1.29 is 4.79 Å². The second kappa shape index (κ2) is 4.97. The Morgan fingerprint density at radius 2 is 2.22 bits per heavy atom. The number of nitrogens with one attached hydrogen (secondary N) is 1. The standard InChI is InChI=1S/C12H14N4O2/c1-2-10(11(17)15-13)16-12(18)9-6-4-3-5-8(9)7-14-16/h3-7,10H,2,13H2,1H3,(H,15,17)/t10-/m0/s1. The number of benzene rings is 1. The molecule has 0 radical (unpaired) electrons. The summed E-state index contributed by atoms with van der Waals surface area (Å²) in [5.41, 5.74) is 1.76. The summed E-state index contributed by atoms with van der Waals surface area (Å²) in [6, 6.07) is 6.43. The summed E-state index contributed by atoms with van der Waals surface area (Å²) in [6.45, 7) is 1.79. The van der Waals surface area contributed by atoms with Crippen LogP contribution in [0.5, 0.6) is 0 Å². The molecule has 1 heterocycles. The number of amides is 1. The largest absolute Gasteiger partial charge is 0.292 e. The van der Waals surface area contributed by atoms with Gasteiger partial charge >= 0.3 is 0 Å². The summed E-state index contributed by atoms with van der Waals surface area (Å²) in [5, 5.41) is 5.32. The topological polar surface area (TPSA) is 90.0 Å². The first-order valence-corrected chi connectivity index (χ1v) is 5.66. The van der Waals surface area contributed by atoms with Gasteiger partial charge in [0, 0.05) is 5.39 Å². The van der Waals surface area contributed by atoms with E-state index in [4.69, 9.17) is 5.84 Å². The van der Waals surface area contributed by atoms with Gasteiger partial charge in [0.1, 0.15) is 6.04 Å². The van der Waals surface area contributed by atoms with Crippen molar-refractivity contribution in [3.8, 4) is 0 Å². The average Bonchev–Trinajstić information content (AvgIpc) is 2.42. The second-order valence-electron chi connectivity index (χ2n) is 3.91. The summed E-state index contributed by atoms with van der Waals surface area (Å²) in [6.07, 6.45) is 2.01. The molecule has 0 aliphatic carbocycles. The average molecular weight is 246 g/mol. The SMILES string of the molecule is CC[C@@H](C(=O)NN)n1ncc2ccccc2c1=O. The van der Waals surface area contributed by atoms with Crippen LogP contribution in [-0.4, -0.2) is 15.7 Å². The van der Waals surface area contributed by atoms with Crippen LogP contribution in [0.2, 0.25) is 0 Å². The quantitative estimate of drug-likeness (QED) is 0.464. The fourth-order valence-corrected chi connectivity index (χ4v) is 1.89. The predicted molar refractivity (Wildman–Crippen MR) is 67.7 cm³/mol. The maximum absolute atomic E-state index is 12.2. The van der Waals surface area contributed by atoms with Gasteiger partial charge in [0.25, 0.3) is 11.5 Å². The van der Waals surface area contributed by atoms with E-state index >= 15 is 0 Å². The number of fused-ring (bicyclic) bond motifs is 1. The van der Waals surface area contributed by atoms with Crippen molar-refractivity contribution in [3.63, 3.8) is 0 Å². The number of carbonyl (C=O) groups is 1. The molecule has 2 rings (SSSR count). The minimum absolute atomic E-state index is 0.288. The van der Waals surface area contributed by atoms with E-state index in [1.165, 1.54) is 4.68 Å². The number of nitrogens with two attached hydrogens (primary N) is 1. The number of hydrogen-bond donors (Lipinski definition) is 2. The van der Waals surface area contributed by atoms with Gasteiger partial charge in [-0.25, -0.2) is 10.5 Å². The Labute approximate surface area is 103 Å². The summed E-state index contributed by atoms with van der Waals surface area (Å²) in [5.74, 6) is 4.68. The molecule has 1 amide bonds. The lowest BCUT2D eigenvalue weighted by Crippen LogP contribution is -2.41. The van der Waals surface area contributed by atoms with Crippen molar-refractivity contribution in [1.29, 1.82) is 0 Å². The van der Waals surface area contributed by atoms with E-state index < -0.39 is 11.9 Å². The molecule has 1 aromatic carbocycles. The van der Waals surface area contributed by atoms with Gasteiger partial charge in [-0.05, 0) is 12.5 Å². The molecule has 0 aliphatic rings. The summed E-state index contributed by atoms with van der Waals surface area (Å²) in [4.78, 5) is 23.8. The molecule has 0 fully saturated rings. The highest BCUT2D eigenvalue weighted by Gasteiger charge is 2.20. The van der Waals surface area contributed by atoms with Gasteiger partial charge in [-0.3, -0.25) is 15.0 Å². The Hall–Kier alpha value is -2.21. The third kappa shape index (κ3) is 1.98. The molecule has 1 aromatic heterocycles. The fourth-order valence-electron chi connectivity index (χ4n) is 1.89.